The molecule has 128 valence electrons. The number of aryl methyl sites for hydroxylation is 1. The first-order valence-corrected chi connectivity index (χ1v) is 9.13. The quantitative estimate of drug-likeness (QED) is 0.883. The summed E-state index contributed by atoms with van der Waals surface area (Å²) >= 11 is 1.75. The van der Waals surface area contributed by atoms with Crippen LogP contribution in [0.15, 0.2) is 6.20 Å². The molecule has 1 aromatic rings. The number of rotatable bonds is 4. The molecule has 0 spiro atoms. The lowest BCUT2D eigenvalue weighted by atomic mass is 9.90. The number of aromatic nitrogens is 1. The zero-order valence-corrected chi connectivity index (χ0v) is 14.8. The van der Waals surface area contributed by atoms with Crippen molar-refractivity contribution >= 4 is 17.2 Å². The molecule has 2 saturated heterocycles. The van der Waals surface area contributed by atoms with Gasteiger partial charge in [0.1, 0.15) is 5.60 Å². The second-order valence-electron chi connectivity index (χ2n) is 6.36. The van der Waals surface area contributed by atoms with Crippen LogP contribution in [0.1, 0.15) is 22.7 Å². The van der Waals surface area contributed by atoms with Gasteiger partial charge >= 0.3 is 0 Å². The van der Waals surface area contributed by atoms with Crippen LogP contribution in [0.25, 0.3) is 0 Å². The third-order valence-electron chi connectivity index (χ3n) is 4.90. The van der Waals surface area contributed by atoms with Crippen molar-refractivity contribution in [2.24, 2.45) is 0 Å². The van der Waals surface area contributed by atoms with E-state index in [1.165, 1.54) is 4.88 Å². The van der Waals surface area contributed by atoms with Crippen LogP contribution in [0.4, 0.5) is 0 Å². The molecule has 0 saturated carbocycles. The lowest BCUT2D eigenvalue weighted by Gasteiger charge is -2.42. The Hall–Kier alpha value is -1.02. The van der Waals surface area contributed by atoms with Crippen LogP contribution in [-0.2, 0) is 16.1 Å². The van der Waals surface area contributed by atoms with E-state index in [1.54, 1.807) is 18.4 Å². The first-order chi connectivity index (χ1) is 11.1. The minimum absolute atomic E-state index is 0.176. The lowest BCUT2D eigenvalue weighted by Crippen LogP contribution is -2.59. The van der Waals surface area contributed by atoms with Gasteiger partial charge in [0.2, 0.25) is 0 Å². The average Bonchev–Trinajstić information content (AvgIpc) is 3.00. The SMILES string of the molecule is COC1(C(=O)N2CCN(Cc3cnc(C)s3)CC2)CCNCC1. The van der Waals surface area contributed by atoms with Crippen molar-refractivity contribution in [3.05, 3.63) is 16.1 Å². The molecule has 0 atom stereocenters. The van der Waals surface area contributed by atoms with Gasteiger partial charge in [-0.15, -0.1) is 11.3 Å². The monoisotopic (exact) mass is 338 g/mol. The summed E-state index contributed by atoms with van der Waals surface area (Å²) in [6, 6.07) is 0. The van der Waals surface area contributed by atoms with Crippen molar-refractivity contribution < 1.29 is 9.53 Å². The smallest absolute Gasteiger partial charge is 0.254 e. The Labute approximate surface area is 141 Å². The highest BCUT2D eigenvalue weighted by Crippen LogP contribution is 2.26. The summed E-state index contributed by atoms with van der Waals surface area (Å²) in [5, 5.41) is 4.42. The maximum atomic E-state index is 12.9. The molecule has 3 rings (SSSR count). The van der Waals surface area contributed by atoms with Gasteiger partial charge in [0.25, 0.3) is 5.91 Å². The molecule has 1 aromatic heterocycles. The van der Waals surface area contributed by atoms with E-state index >= 15 is 0 Å². The zero-order chi connectivity index (χ0) is 16.3. The Balaban J connectivity index is 1.54. The molecule has 2 fully saturated rings. The first kappa shape index (κ1) is 16.8. The lowest BCUT2D eigenvalue weighted by molar-refractivity contribution is -0.160. The Morgan fingerprint density at radius 1 is 1.35 bits per heavy atom. The van der Waals surface area contributed by atoms with Crippen LogP contribution in [-0.4, -0.2) is 72.7 Å². The normalized spacial score (nSPS) is 22.3. The molecule has 0 bridgehead atoms. The van der Waals surface area contributed by atoms with Crippen LogP contribution < -0.4 is 5.32 Å². The fraction of sp³-hybridized carbons (Fsp3) is 0.750. The second-order valence-corrected chi connectivity index (χ2v) is 7.68. The summed E-state index contributed by atoms with van der Waals surface area (Å²) in [7, 11) is 1.67. The minimum atomic E-state index is -0.609. The number of piperazine rings is 1. The maximum Gasteiger partial charge on any atom is 0.254 e. The second kappa shape index (κ2) is 7.25. The summed E-state index contributed by atoms with van der Waals surface area (Å²) < 4.78 is 5.67. The molecule has 0 aromatic carbocycles. The standard InChI is InChI=1S/C16H26N4O2S/c1-13-18-11-14(23-13)12-19-7-9-20(10-8-19)15(21)16(22-2)3-5-17-6-4-16/h11,17H,3-10,12H2,1-2H3. The van der Waals surface area contributed by atoms with Crippen molar-refractivity contribution in [1.82, 2.24) is 20.1 Å². The van der Waals surface area contributed by atoms with Gasteiger partial charge in [0, 0.05) is 50.9 Å². The van der Waals surface area contributed by atoms with Crippen LogP contribution in [0.3, 0.4) is 0 Å². The van der Waals surface area contributed by atoms with Crippen molar-refractivity contribution in [1.29, 1.82) is 0 Å². The number of carbonyl (C=O) groups is 1. The van der Waals surface area contributed by atoms with Crippen molar-refractivity contribution in [3.8, 4) is 0 Å². The number of ether oxygens (including phenoxy) is 1. The summed E-state index contributed by atoms with van der Waals surface area (Å²) in [4.78, 5) is 22.9. The molecule has 7 heteroatoms. The highest BCUT2D eigenvalue weighted by molar-refractivity contribution is 7.11. The molecule has 1 amide bonds. The summed E-state index contributed by atoms with van der Waals surface area (Å²) in [5.74, 6) is 0.176. The molecule has 2 aliphatic rings. The third-order valence-corrected chi connectivity index (χ3v) is 5.80. The molecule has 23 heavy (non-hydrogen) atoms. The van der Waals surface area contributed by atoms with Gasteiger partial charge in [-0.3, -0.25) is 9.69 Å². The summed E-state index contributed by atoms with van der Waals surface area (Å²) in [6.07, 6.45) is 3.50. The summed E-state index contributed by atoms with van der Waals surface area (Å²) in [6.45, 7) is 8.08. The van der Waals surface area contributed by atoms with E-state index in [0.29, 0.717) is 0 Å². The summed E-state index contributed by atoms with van der Waals surface area (Å²) in [5.41, 5.74) is -0.609. The highest BCUT2D eigenvalue weighted by atomic mass is 32.1. The van der Waals surface area contributed by atoms with Crippen LogP contribution >= 0.6 is 11.3 Å². The van der Waals surface area contributed by atoms with E-state index in [-0.39, 0.29) is 5.91 Å². The van der Waals surface area contributed by atoms with Gasteiger partial charge in [-0.2, -0.15) is 0 Å². The third kappa shape index (κ3) is 3.74. The van der Waals surface area contributed by atoms with Crippen molar-refractivity contribution in [3.63, 3.8) is 0 Å². The molecule has 6 nitrogen and oxygen atoms in total. The van der Waals surface area contributed by atoms with E-state index in [1.807, 2.05) is 18.0 Å². The van der Waals surface area contributed by atoms with Crippen LogP contribution in [0, 0.1) is 6.92 Å². The van der Waals surface area contributed by atoms with Gasteiger partial charge in [-0.25, -0.2) is 4.98 Å². The number of nitrogens with zero attached hydrogens (tertiary/aromatic N) is 3. The number of piperidine rings is 1. The van der Waals surface area contributed by atoms with Crippen LogP contribution in [0.2, 0.25) is 0 Å². The van der Waals surface area contributed by atoms with Gasteiger partial charge in [-0.05, 0) is 32.9 Å². The minimum Gasteiger partial charge on any atom is -0.368 e. The highest BCUT2D eigenvalue weighted by Gasteiger charge is 2.42. The van der Waals surface area contributed by atoms with Gasteiger partial charge in [-0.1, -0.05) is 0 Å². The Morgan fingerprint density at radius 2 is 2.04 bits per heavy atom. The van der Waals surface area contributed by atoms with Crippen molar-refractivity contribution in [2.75, 3.05) is 46.4 Å². The fourth-order valence-electron chi connectivity index (χ4n) is 3.43. The Bertz CT molecular complexity index is 534. The number of hydrogen-bond acceptors (Lipinski definition) is 6. The Morgan fingerprint density at radius 3 is 2.61 bits per heavy atom. The van der Waals surface area contributed by atoms with E-state index in [4.69, 9.17) is 4.74 Å². The number of nitrogens with one attached hydrogen (secondary N) is 1. The maximum absolute atomic E-state index is 12.9. The predicted molar refractivity (Wildman–Crippen MR) is 90.6 cm³/mol. The van der Waals surface area contributed by atoms with Crippen molar-refractivity contribution in [2.45, 2.75) is 31.9 Å². The molecular formula is C16H26N4O2S. The molecule has 1 N–H and O–H groups in total. The molecule has 0 unspecified atom stereocenters. The fourth-order valence-corrected chi connectivity index (χ4v) is 4.27. The van der Waals surface area contributed by atoms with E-state index < -0.39 is 5.60 Å². The molecular weight excluding hydrogens is 312 g/mol. The number of methoxy groups -OCH3 is 1. The number of carbonyl (C=O) groups excluding carboxylic acids is 1. The average molecular weight is 338 g/mol. The topological polar surface area (TPSA) is 57.7 Å². The van der Waals surface area contributed by atoms with E-state index in [9.17, 15) is 4.79 Å². The van der Waals surface area contributed by atoms with Gasteiger partial charge < -0.3 is 15.0 Å². The molecule has 3 heterocycles. The zero-order valence-electron chi connectivity index (χ0n) is 14.0. The first-order valence-electron chi connectivity index (χ1n) is 8.32. The number of amides is 1. The van der Waals surface area contributed by atoms with Gasteiger partial charge in [0.15, 0.2) is 0 Å². The number of hydrogen-bond donors (Lipinski definition) is 1. The molecule has 0 radical (unpaired) electrons. The van der Waals surface area contributed by atoms with Crippen LogP contribution in [0.5, 0.6) is 0 Å². The number of thiazole rings is 1. The Kier molecular flexibility index (Phi) is 5.31. The van der Waals surface area contributed by atoms with Gasteiger partial charge in [0.05, 0.1) is 5.01 Å². The largest absolute Gasteiger partial charge is 0.368 e. The predicted octanol–water partition coefficient (Wildman–Crippen LogP) is 0.864. The van der Waals surface area contributed by atoms with E-state index in [0.717, 1.165) is 63.7 Å². The van der Waals surface area contributed by atoms with E-state index in [2.05, 4.69) is 15.2 Å². The molecule has 2 aliphatic heterocycles. The molecule has 0 aliphatic carbocycles.